The third-order valence-corrected chi connectivity index (χ3v) is 1.96. The number of hydrogen-bond donors (Lipinski definition) is 0. The number of nitrogens with zero attached hydrogens (tertiary/aromatic N) is 2. The SMILES string of the molecule is BN1COc2ccc(C)nc2C1=O. The van der Waals surface area contributed by atoms with Crippen LogP contribution in [-0.2, 0) is 0 Å². The van der Waals surface area contributed by atoms with Gasteiger partial charge < -0.3 is 9.55 Å². The van der Waals surface area contributed by atoms with Gasteiger partial charge in [-0.15, -0.1) is 0 Å². The second-order valence-corrected chi connectivity index (χ2v) is 3.08. The van der Waals surface area contributed by atoms with Crippen LogP contribution >= 0.6 is 0 Å². The average Bonchev–Trinajstić information content (AvgIpc) is 2.12. The first-order valence-corrected chi connectivity index (χ1v) is 4.04. The molecule has 0 N–H and O–H groups in total. The van der Waals surface area contributed by atoms with Crippen molar-refractivity contribution in [3.8, 4) is 5.75 Å². The maximum atomic E-state index is 11.6. The lowest BCUT2D eigenvalue weighted by molar-refractivity contribution is 0.0712. The van der Waals surface area contributed by atoms with Crippen LogP contribution in [0.15, 0.2) is 12.1 Å². The Morgan fingerprint density at radius 3 is 3.15 bits per heavy atom. The van der Waals surface area contributed by atoms with E-state index in [9.17, 15) is 4.79 Å². The maximum absolute atomic E-state index is 11.6. The first-order chi connectivity index (χ1) is 6.18. The molecule has 1 aromatic heterocycles. The van der Waals surface area contributed by atoms with Crippen LogP contribution in [0.5, 0.6) is 5.75 Å². The van der Waals surface area contributed by atoms with Gasteiger partial charge in [0.2, 0.25) is 7.98 Å². The van der Waals surface area contributed by atoms with E-state index in [2.05, 4.69) is 4.98 Å². The molecule has 0 atom stereocenters. The van der Waals surface area contributed by atoms with Crippen LogP contribution in [0.3, 0.4) is 0 Å². The fourth-order valence-corrected chi connectivity index (χ4v) is 1.22. The van der Waals surface area contributed by atoms with Gasteiger partial charge in [-0.25, -0.2) is 4.98 Å². The quantitative estimate of drug-likeness (QED) is 0.511. The monoisotopic (exact) mass is 176 g/mol. The fraction of sp³-hybridized carbons (Fsp3) is 0.250. The van der Waals surface area contributed by atoms with Crippen molar-refractivity contribution in [2.45, 2.75) is 6.92 Å². The van der Waals surface area contributed by atoms with Gasteiger partial charge in [0.05, 0.1) is 0 Å². The zero-order valence-electron chi connectivity index (χ0n) is 7.57. The van der Waals surface area contributed by atoms with Gasteiger partial charge in [-0.2, -0.15) is 0 Å². The highest BCUT2D eigenvalue weighted by molar-refractivity contribution is 6.18. The van der Waals surface area contributed by atoms with Gasteiger partial charge >= 0.3 is 0 Å². The van der Waals surface area contributed by atoms with Crippen LogP contribution in [0.1, 0.15) is 16.2 Å². The molecule has 0 aromatic carbocycles. The Balaban J connectivity index is 2.51. The molecule has 2 heterocycles. The van der Waals surface area contributed by atoms with Crippen molar-refractivity contribution >= 4 is 13.9 Å². The highest BCUT2D eigenvalue weighted by atomic mass is 16.5. The topological polar surface area (TPSA) is 42.4 Å². The molecular weight excluding hydrogens is 167 g/mol. The van der Waals surface area contributed by atoms with Crippen LogP contribution in [0.2, 0.25) is 0 Å². The molecule has 0 unspecified atom stereocenters. The largest absolute Gasteiger partial charge is 0.472 e. The van der Waals surface area contributed by atoms with Gasteiger partial charge in [0, 0.05) is 5.69 Å². The molecule has 0 fully saturated rings. The van der Waals surface area contributed by atoms with Crippen molar-refractivity contribution in [1.29, 1.82) is 0 Å². The van der Waals surface area contributed by atoms with Crippen molar-refractivity contribution in [1.82, 2.24) is 9.79 Å². The van der Waals surface area contributed by atoms with Crippen LogP contribution in [0, 0.1) is 6.92 Å². The number of fused-ring (bicyclic) bond motifs is 1. The van der Waals surface area contributed by atoms with Crippen LogP contribution in [-0.4, -0.2) is 30.4 Å². The lowest BCUT2D eigenvalue weighted by Crippen LogP contribution is -2.37. The van der Waals surface area contributed by atoms with Gasteiger partial charge in [0.25, 0.3) is 5.91 Å². The van der Waals surface area contributed by atoms with Crippen molar-refractivity contribution in [2.75, 3.05) is 6.73 Å². The summed E-state index contributed by atoms with van der Waals surface area (Å²) in [7, 11) is 1.69. The Labute approximate surface area is 76.9 Å². The summed E-state index contributed by atoms with van der Waals surface area (Å²) in [6.45, 7) is 2.15. The van der Waals surface area contributed by atoms with Crippen LogP contribution in [0.25, 0.3) is 0 Å². The zero-order valence-corrected chi connectivity index (χ0v) is 7.57. The highest BCUT2D eigenvalue weighted by Gasteiger charge is 2.23. The van der Waals surface area contributed by atoms with Crippen molar-refractivity contribution in [2.24, 2.45) is 0 Å². The zero-order chi connectivity index (χ0) is 9.42. The lowest BCUT2D eigenvalue weighted by atomic mass is 10.2. The van der Waals surface area contributed by atoms with E-state index in [4.69, 9.17) is 4.74 Å². The molecule has 1 aliphatic heterocycles. The molecular formula is C8H9BN2O2. The molecule has 1 amide bonds. The van der Waals surface area contributed by atoms with Crippen LogP contribution in [0.4, 0.5) is 0 Å². The van der Waals surface area contributed by atoms with E-state index >= 15 is 0 Å². The van der Waals surface area contributed by atoms with Crippen LogP contribution < -0.4 is 4.74 Å². The number of pyridine rings is 1. The molecule has 4 nitrogen and oxygen atoms in total. The molecule has 0 saturated heterocycles. The number of aromatic nitrogens is 1. The summed E-state index contributed by atoms with van der Waals surface area (Å²) in [6, 6.07) is 3.61. The molecule has 66 valence electrons. The van der Waals surface area contributed by atoms with E-state index in [-0.39, 0.29) is 5.91 Å². The summed E-state index contributed by atoms with van der Waals surface area (Å²) < 4.78 is 5.30. The number of amides is 1. The Morgan fingerprint density at radius 1 is 1.62 bits per heavy atom. The lowest BCUT2D eigenvalue weighted by Gasteiger charge is -2.24. The van der Waals surface area contributed by atoms with E-state index in [1.165, 1.54) is 4.81 Å². The van der Waals surface area contributed by atoms with Crippen molar-refractivity contribution < 1.29 is 9.53 Å². The number of carbonyl (C=O) groups excluding carboxylic acids is 1. The third-order valence-electron chi connectivity index (χ3n) is 1.96. The van der Waals surface area contributed by atoms with Gasteiger partial charge in [-0.05, 0) is 19.1 Å². The van der Waals surface area contributed by atoms with E-state index in [0.717, 1.165) is 5.69 Å². The summed E-state index contributed by atoms with van der Waals surface area (Å²) in [6.07, 6.45) is 0. The third kappa shape index (κ3) is 1.26. The molecule has 2 rings (SSSR count). The van der Waals surface area contributed by atoms with Gasteiger partial charge in [0.1, 0.15) is 0 Å². The number of aryl methyl sites for hydroxylation is 1. The minimum Gasteiger partial charge on any atom is -0.472 e. The maximum Gasteiger partial charge on any atom is 0.266 e. The van der Waals surface area contributed by atoms with E-state index < -0.39 is 0 Å². The van der Waals surface area contributed by atoms with Crippen molar-refractivity contribution in [3.63, 3.8) is 0 Å². The average molecular weight is 176 g/mol. The normalized spacial score (nSPS) is 15.2. The molecule has 13 heavy (non-hydrogen) atoms. The minimum atomic E-state index is -0.0787. The summed E-state index contributed by atoms with van der Waals surface area (Å²) in [4.78, 5) is 17.2. The summed E-state index contributed by atoms with van der Waals surface area (Å²) in [5, 5.41) is 0. The second kappa shape index (κ2) is 2.76. The Morgan fingerprint density at radius 2 is 2.38 bits per heavy atom. The molecule has 0 saturated carbocycles. The van der Waals surface area contributed by atoms with E-state index in [1.54, 1.807) is 14.0 Å². The minimum absolute atomic E-state index is 0.0787. The molecule has 0 bridgehead atoms. The number of carbonyl (C=O) groups is 1. The number of rotatable bonds is 0. The highest BCUT2D eigenvalue weighted by Crippen LogP contribution is 2.21. The number of hydrogen-bond acceptors (Lipinski definition) is 3. The summed E-state index contributed by atoms with van der Waals surface area (Å²) >= 11 is 0. The van der Waals surface area contributed by atoms with Gasteiger partial charge in [-0.3, -0.25) is 4.79 Å². The predicted molar refractivity (Wildman–Crippen MR) is 49.2 cm³/mol. The fourth-order valence-electron chi connectivity index (χ4n) is 1.22. The standard InChI is InChI=1S/C8H9BN2O2/c1-5-2-3-6-7(10-5)8(12)11(9)4-13-6/h2-3H,4,9H2,1H3. The first kappa shape index (κ1) is 8.10. The Kier molecular flexibility index (Phi) is 1.72. The van der Waals surface area contributed by atoms with Crippen molar-refractivity contribution in [3.05, 3.63) is 23.5 Å². The smallest absolute Gasteiger partial charge is 0.266 e. The summed E-state index contributed by atoms with van der Waals surface area (Å²) in [5.41, 5.74) is 1.24. The first-order valence-electron chi connectivity index (χ1n) is 4.04. The van der Waals surface area contributed by atoms with E-state index in [1.807, 2.05) is 13.0 Å². The summed E-state index contributed by atoms with van der Waals surface area (Å²) in [5.74, 6) is 0.499. The van der Waals surface area contributed by atoms with E-state index in [0.29, 0.717) is 18.2 Å². The molecule has 0 aliphatic carbocycles. The molecule has 1 aromatic rings. The number of ether oxygens (including phenoxy) is 1. The Hall–Kier alpha value is -1.52. The molecule has 1 aliphatic rings. The molecule has 5 heteroatoms. The molecule has 0 radical (unpaired) electrons. The second-order valence-electron chi connectivity index (χ2n) is 3.08. The molecule has 0 spiro atoms. The predicted octanol–water partition coefficient (Wildman–Crippen LogP) is -0.270. The van der Waals surface area contributed by atoms with Gasteiger partial charge in [-0.1, -0.05) is 0 Å². The van der Waals surface area contributed by atoms with Gasteiger partial charge in [0.15, 0.2) is 18.2 Å². The Bertz CT molecular complexity index is 367.